The summed E-state index contributed by atoms with van der Waals surface area (Å²) in [5, 5.41) is 7.50. The number of carbonyl (C=O) groups excluding carboxylic acids is 1. The smallest absolute Gasteiger partial charge is 0.219 e. The first-order chi connectivity index (χ1) is 7.67. The zero-order valence-electron chi connectivity index (χ0n) is 9.94. The number of primary amides is 1. The van der Waals surface area contributed by atoms with Gasteiger partial charge in [0.1, 0.15) is 0 Å². The molecule has 0 spiro atoms. The zero-order chi connectivity index (χ0) is 12.0. The van der Waals surface area contributed by atoms with Crippen LogP contribution in [0.25, 0.3) is 0 Å². The van der Waals surface area contributed by atoms with Crippen molar-refractivity contribution in [3.63, 3.8) is 0 Å². The molecule has 0 saturated carbocycles. The largest absolute Gasteiger partial charge is 0.370 e. The Hall–Kier alpha value is -1.36. The van der Waals surface area contributed by atoms with Crippen LogP contribution < -0.4 is 11.1 Å². The molecule has 1 atom stereocenters. The fourth-order valence-corrected chi connectivity index (χ4v) is 1.56. The van der Waals surface area contributed by atoms with Gasteiger partial charge in [-0.2, -0.15) is 5.10 Å². The van der Waals surface area contributed by atoms with E-state index in [1.165, 1.54) is 0 Å². The first-order valence-electron chi connectivity index (χ1n) is 5.71. The topological polar surface area (TPSA) is 72.9 Å². The minimum absolute atomic E-state index is 0.0160. The normalized spacial score (nSPS) is 12.6. The average molecular weight is 224 g/mol. The van der Waals surface area contributed by atoms with E-state index in [9.17, 15) is 4.79 Å². The van der Waals surface area contributed by atoms with Gasteiger partial charge in [-0.25, -0.2) is 0 Å². The van der Waals surface area contributed by atoms with Crippen LogP contribution in [0.5, 0.6) is 0 Å². The Morgan fingerprint density at radius 3 is 2.88 bits per heavy atom. The average Bonchev–Trinajstić information content (AvgIpc) is 2.72. The van der Waals surface area contributed by atoms with E-state index in [2.05, 4.69) is 17.3 Å². The highest BCUT2D eigenvalue weighted by molar-refractivity contribution is 5.74. The highest BCUT2D eigenvalue weighted by Crippen LogP contribution is 2.15. The Morgan fingerprint density at radius 1 is 1.62 bits per heavy atom. The number of aromatic nitrogens is 2. The molecule has 0 aromatic carbocycles. The van der Waals surface area contributed by atoms with Gasteiger partial charge in [-0.05, 0) is 19.9 Å². The molecule has 3 N–H and O–H groups in total. The molecule has 5 nitrogen and oxygen atoms in total. The molecule has 0 fully saturated rings. The molecule has 90 valence electrons. The van der Waals surface area contributed by atoms with Gasteiger partial charge in [-0.3, -0.25) is 9.48 Å². The van der Waals surface area contributed by atoms with E-state index in [0.29, 0.717) is 6.42 Å². The number of nitrogens with two attached hydrogens (primary N) is 1. The molecule has 1 aromatic heterocycles. The van der Waals surface area contributed by atoms with Gasteiger partial charge in [0.05, 0.1) is 6.20 Å². The quantitative estimate of drug-likeness (QED) is 0.720. The van der Waals surface area contributed by atoms with Crippen LogP contribution in [-0.4, -0.2) is 22.2 Å². The van der Waals surface area contributed by atoms with Gasteiger partial charge in [-0.1, -0.05) is 6.92 Å². The van der Waals surface area contributed by atoms with Crippen LogP contribution in [0.3, 0.4) is 0 Å². The van der Waals surface area contributed by atoms with Gasteiger partial charge in [0.15, 0.2) is 0 Å². The summed E-state index contributed by atoms with van der Waals surface area (Å²) >= 11 is 0. The first kappa shape index (κ1) is 12.7. The summed E-state index contributed by atoms with van der Waals surface area (Å²) in [7, 11) is 0. The van der Waals surface area contributed by atoms with Gasteiger partial charge in [0, 0.05) is 30.8 Å². The number of hydrogen-bond donors (Lipinski definition) is 2. The van der Waals surface area contributed by atoms with Crippen LogP contribution in [0.15, 0.2) is 12.4 Å². The van der Waals surface area contributed by atoms with Crippen molar-refractivity contribution in [1.29, 1.82) is 0 Å². The molecule has 1 rings (SSSR count). The third-order valence-electron chi connectivity index (χ3n) is 2.43. The number of hydrogen-bond acceptors (Lipinski definition) is 3. The molecule has 0 aliphatic carbocycles. The molecule has 0 radical (unpaired) electrons. The van der Waals surface area contributed by atoms with Gasteiger partial charge in [0.2, 0.25) is 5.91 Å². The van der Waals surface area contributed by atoms with Crippen molar-refractivity contribution in [3.05, 3.63) is 18.0 Å². The molecule has 1 amide bonds. The monoisotopic (exact) mass is 224 g/mol. The second-order valence-electron chi connectivity index (χ2n) is 3.81. The summed E-state index contributed by atoms with van der Waals surface area (Å²) in [4.78, 5) is 11.0. The zero-order valence-corrected chi connectivity index (χ0v) is 9.94. The minimum Gasteiger partial charge on any atom is -0.370 e. The molecule has 0 aliphatic heterocycles. The number of nitrogens with one attached hydrogen (secondary N) is 1. The summed E-state index contributed by atoms with van der Waals surface area (Å²) in [6.45, 7) is 5.81. The van der Waals surface area contributed by atoms with E-state index in [1.807, 2.05) is 17.8 Å². The lowest BCUT2D eigenvalue weighted by Crippen LogP contribution is -2.27. The molecule has 5 heteroatoms. The molecule has 16 heavy (non-hydrogen) atoms. The Balaban J connectivity index is 2.69. The van der Waals surface area contributed by atoms with Gasteiger partial charge >= 0.3 is 0 Å². The lowest BCUT2D eigenvalue weighted by molar-refractivity contribution is -0.118. The molecule has 0 saturated heterocycles. The van der Waals surface area contributed by atoms with Crippen molar-refractivity contribution in [2.45, 2.75) is 39.3 Å². The molecular weight excluding hydrogens is 204 g/mol. The maximum absolute atomic E-state index is 11.0. The number of aryl methyl sites for hydroxylation is 1. The number of amides is 1. The highest BCUT2D eigenvalue weighted by Gasteiger charge is 2.15. The fourth-order valence-electron chi connectivity index (χ4n) is 1.56. The van der Waals surface area contributed by atoms with Crippen molar-refractivity contribution < 1.29 is 4.79 Å². The number of rotatable bonds is 7. The lowest BCUT2D eigenvalue weighted by atomic mass is 10.1. The third-order valence-corrected chi connectivity index (χ3v) is 2.43. The SMILES string of the molecule is CCCNC(CC(N)=O)c1cnn(CC)c1. The standard InChI is InChI=1S/C11H20N4O/c1-3-5-13-10(6-11(12)16)9-7-14-15(4-2)8-9/h7-8,10,13H,3-6H2,1-2H3,(H2,12,16). The summed E-state index contributed by atoms with van der Waals surface area (Å²) in [5.41, 5.74) is 6.26. The summed E-state index contributed by atoms with van der Waals surface area (Å²) in [5.74, 6) is -0.294. The van der Waals surface area contributed by atoms with Crippen LogP contribution in [0.2, 0.25) is 0 Å². The van der Waals surface area contributed by atoms with Crippen LogP contribution >= 0.6 is 0 Å². The van der Waals surface area contributed by atoms with Crippen LogP contribution in [-0.2, 0) is 11.3 Å². The molecule has 0 bridgehead atoms. The number of carbonyl (C=O) groups is 1. The van der Waals surface area contributed by atoms with Gasteiger partial charge < -0.3 is 11.1 Å². The van der Waals surface area contributed by atoms with Gasteiger partial charge in [0.25, 0.3) is 0 Å². The van der Waals surface area contributed by atoms with Crippen LogP contribution in [0.1, 0.15) is 38.3 Å². The summed E-state index contributed by atoms with van der Waals surface area (Å²) in [6.07, 6.45) is 5.09. The van der Waals surface area contributed by atoms with Crippen LogP contribution in [0.4, 0.5) is 0 Å². The minimum atomic E-state index is -0.294. The molecule has 1 heterocycles. The van der Waals surface area contributed by atoms with E-state index in [-0.39, 0.29) is 11.9 Å². The van der Waals surface area contributed by atoms with Crippen LogP contribution in [0, 0.1) is 0 Å². The molecule has 0 aliphatic rings. The van der Waals surface area contributed by atoms with E-state index in [0.717, 1.165) is 25.1 Å². The molecule has 1 unspecified atom stereocenters. The van der Waals surface area contributed by atoms with Crippen molar-refractivity contribution in [3.8, 4) is 0 Å². The predicted molar refractivity (Wildman–Crippen MR) is 62.7 cm³/mol. The maximum atomic E-state index is 11.0. The van der Waals surface area contributed by atoms with Crippen molar-refractivity contribution in [2.24, 2.45) is 5.73 Å². The Kier molecular flexibility index (Phi) is 4.98. The fraction of sp³-hybridized carbons (Fsp3) is 0.636. The highest BCUT2D eigenvalue weighted by atomic mass is 16.1. The predicted octanol–water partition coefficient (Wildman–Crippen LogP) is 0.819. The molecular formula is C11H20N4O. The third kappa shape index (κ3) is 3.66. The Bertz CT molecular complexity index is 334. The second-order valence-corrected chi connectivity index (χ2v) is 3.81. The van der Waals surface area contributed by atoms with E-state index in [1.54, 1.807) is 6.20 Å². The van der Waals surface area contributed by atoms with E-state index < -0.39 is 0 Å². The van der Waals surface area contributed by atoms with E-state index in [4.69, 9.17) is 5.73 Å². The first-order valence-corrected chi connectivity index (χ1v) is 5.71. The Morgan fingerprint density at radius 2 is 2.38 bits per heavy atom. The maximum Gasteiger partial charge on any atom is 0.219 e. The molecule has 1 aromatic rings. The van der Waals surface area contributed by atoms with E-state index >= 15 is 0 Å². The van der Waals surface area contributed by atoms with Crippen molar-refractivity contribution in [1.82, 2.24) is 15.1 Å². The number of nitrogens with zero attached hydrogens (tertiary/aromatic N) is 2. The van der Waals surface area contributed by atoms with Crippen molar-refractivity contribution >= 4 is 5.91 Å². The summed E-state index contributed by atoms with van der Waals surface area (Å²) in [6, 6.07) is -0.0160. The van der Waals surface area contributed by atoms with Gasteiger partial charge in [-0.15, -0.1) is 0 Å². The summed E-state index contributed by atoms with van der Waals surface area (Å²) < 4.78 is 1.84. The second kappa shape index (κ2) is 6.27. The lowest BCUT2D eigenvalue weighted by Gasteiger charge is -2.14. The van der Waals surface area contributed by atoms with Crippen molar-refractivity contribution in [2.75, 3.05) is 6.54 Å². The Labute approximate surface area is 96.0 Å².